The van der Waals surface area contributed by atoms with Crippen LogP contribution >= 0.6 is 15.9 Å². The van der Waals surface area contributed by atoms with Crippen LogP contribution in [0.25, 0.3) is 0 Å². The number of halogens is 1. The van der Waals surface area contributed by atoms with Crippen LogP contribution in [0.5, 0.6) is 0 Å². The third kappa shape index (κ3) is 3.91. The summed E-state index contributed by atoms with van der Waals surface area (Å²) < 4.78 is 29.1. The first-order valence-corrected chi connectivity index (χ1v) is 8.77. The van der Waals surface area contributed by atoms with Crippen LogP contribution in [0.3, 0.4) is 0 Å². The summed E-state index contributed by atoms with van der Waals surface area (Å²) in [4.78, 5) is 0. The van der Waals surface area contributed by atoms with Gasteiger partial charge in [-0.2, -0.15) is 17.4 Å². The molecule has 1 heterocycles. The lowest BCUT2D eigenvalue weighted by molar-refractivity contribution is 0.260. The zero-order valence-corrected chi connectivity index (χ0v) is 13.3. The Morgan fingerprint density at radius 2 is 2.12 bits per heavy atom. The Morgan fingerprint density at radius 1 is 1.47 bits per heavy atom. The molecule has 0 aliphatic carbocycles. The molecule has 1 rings (SSSR count). The minimum Gasteiger partial charge on any atom is -0.195 e. The third-order valence-electron chi connectivity index (χ3n) is 3.50. The highest BCUT2D eigenvalue weighted by molar-refractivity contribution is 9.09. The summed E-state index contributed by atoms with van der Waals surface area (Å²) in [7, 11) is -3.36. The van der Waals surface area contributed by atoms with E-state index >= 15 is 0 Å². The average molecular weight is 327 g/mol. The second kappa shape index (κ2) is 5.99. The van der Waals surface area contributed by atoms with Crippen molar-refractivity contribution in [2.45, 2.75) is 58.0 Å². The molecule has 0 aromatic carbocycles. The number of hydrogen-bond acceptors (Lipinski definition) is 2. The van der Waals surface area contributed by atoms with Crippen molar-refractivity contribution in [2.24, 2.45) is 0 Å². The maximum absolute atomic E-state index is 12.3. The van der Waals surface area contributed by atoms with E-state index in [0.717, 1.165) is 25.7 Å². The molecule has 2 unspecified atom stereocenters. The van der Waals surface area contributed by atoms with Gasteiger partial charge < -0.3 is 0 Å². The lowest BCUT2D eigenvalue weighted by atomic mass is 10.0. The summed E-state index contributed by atoms with van der Waals surface area (Å²) in [6.45, 7) is 6.53. The van der Waals surface area contributed by atoms with E-state index in [-0.39, 0.29) is 6.04 Å². The van der Waals surface area contributed by atoms with E-state index in [4.69, 9.17) is 0 Å². The van der Waals surface area contributed by atoms with E-state index in [2.05, 4.69) is 20.7 Å². The fraction of sp³-hybridized carbons (Fsp3) is 1.00. The molecule has 0 saturated carbocycles. The van der Waals surface area contributed by atoms with Gasteiger partial charge in [-0.3, -0.25) is 0 Å². The summed E-state index contributed by atoms with van der Waals surface area (Å²) in [5, 5.41) is 0.623. The van der Waals surface area contributed by atoms with Gasteiger partial charge in [0.2, 0.25) is 0 Å². The molecule has 6 heteroatoms. The Kier molecular flexibility index (Phi) is 5.43. The molecule has 0 bridgehead atoms. The van der Waals surface area contributed by atoms with Gasteiger partial charge in [-0.25, -0.2) is 0 Å². The van der Waals surface area contributed by atoms with Gasteiger partial charge in [-0.1, -0.05) is 29.3 Å². The first-order chi connectivity index (χ1) is 7.84. The molecule has 1 fully saturated rings. The van der Waals surface area contributed by atoms with Crippen molar-refractivity contribution >= 4 is 26.1 Å². The molecule has 0 amide bonds. The molecule has 1 aliphatic heterocycles. The van der Waals surface area contributed by atoms with Crippen LogP contribution in [0.15, 0.2) is 0 Å². The van der Waals surface area contributed by atoms with E-state index < -0.39 is 15.7 Å². The Labute approximate surface area is 113 Å². The van der Waals surface area contributed by atoms with E-state index in [9.17, 15) is 8.42 Å². The molecular formula is C11H23BrN2O2S. The van der Waals surface area contributed by atoms with Crippen molar-refractivity contribution in [1.82, 2.24) is 9.03 Å². The van der Waals surface area contributed by atoms with E-state index in [1.54, 1.807) is 4.31 Å². The van der Waals surface area contributed by atoms with E-state index in [0.29, 0.717) is 11.9 Å². The minimum absolute atomic E-state index is 0.109. The Bertz CT molecular complexity index is 341. The van der Waals surface area contributed by atoms with Crippen LogP contribution in [-0.4, -0.2) is 36.2 Å². The Hall–Kier alpha value is 0.350. The molecule has 0 spiro atoms. The fourth-order valence-corrected chi connectivity index (χ4v) is 4.62. The predicted octanol–water partition coefficient (Wildman–Crippen LogP) is 2.26. The summed E-state index contributed by atoms with van der Waals surface area (Å²) in [5.74, 6) is 0. The van der Waals surface area contributed by atoms with Gasteiger partial charge in [-0.15, -0.1) is 0 Å². The summed E-state index contributed by atoms with van der Waals surface area (Å²) in [6, 6.07) is 0.109. The van der Waals surface area contributed by atoms with E-state index in [1.807, 2.05) is 20.8 Å². The van der Waals surface area contributed by atoms with Crippen LogP contribution in [-0.2, 0) is 10.2 Å². The van der Waals surface area contributed by atoms with Crippen molar-refractivity contribution < 1.29 is 8.42 Å². The zero-order chi connectivity index (χ0) is 13.1. The minimum atomic E-state index is -3.36. The molecule has 4 nitrogen and oxygen atoms in total. The molecule has 1 saturated heterocycles. The van der Waals surface area contributed by atoms with Crippen molar-refractivity contribution in [3.8, 4) is 0 Å². The molecule has 0 aromatic heterocycles. The standard InChI is InChI=1S/C11H23BrN2O2S/c1-4-11(3,9-12)13-17(15,16)14-8-6-5-7-10(14)2/h10,13H,4-9H2,1-3H3. The number of piperidine rings is 1. The Balaban J connectivity index is 2.80. The van der Waals surface area contributed by atoms with Crippen LogP contribution in [0.1, 0.15) is 46.5 Å². The van der Waals surface area contributed by atoms with Crippen molar-refractivity contribution in [2.75, 3.05) is 11.9 Å². The summed E-state index contributed by atoms with van der Waals surface area (Å²) in [5.41, 5.74) is -0.407. The van der Waals surface area contributed by atoms with Crippen molar-refractivity contribution in [1.29, 1.82) is 0 Å². The van der Waals surface area contributed by atoms with Crippen LogP contribution in [0, 0.1) is 0 Å². The molecule has 1 aliphatic rings. The van der Waals surface area contributed by atoms with Gasteiger partial charge >= 0.3 is 0 Å². The first kappa shape index (κ1) is 15.4. The molecule has 2 atom stereocenters. The van der Waals surface area contributed by atoms with Gasteiger partial charge in [0.25, 0.3) is 10.2 Å². The predicted molar refractivity (Wildman–Crippen MR) is 74.6 cm³/mol. The number of rotatable bonds is 5. The molecule has 1 N–H and O–H groups in total. The molecule has 102 valence electrons. The highest BCUT2D eigenvalue weighted by Crippen LogP contribution is 2.22. The smallest absolute Gasteiger partial charge is 0.195 e. The maximum atomic E-state index is 12.3. The number of hydrogen-bond donors (Lipinski definition) is 1. The van der Waals surface area contributed by atoms with Gasteiger partial charge in [0.1, 0.15) is 0 Å². The maximum Gasteiger partial charge on any atom is 0.280 e. The molecular weight excluding hydrogens is 304 g/mol. The highest BCUT2D eigenvalue weighted by atomic mass is 79.9. The summed E-state index contributed by atoms with van der Waals surface area (Å²) in [6.07, 6.45) is 3.80. The summed E-state index contributed by atoms with van der Waals surface area (Å²) >= 11 is 3.38. The fourth-order valence-electron chi connectivity index (χ4n) is 1.99. The molecule has 0 aromatic rings. The second-order valence-corrected chi connectivity index (χ2v) is 7.29. The van der Waals surface area contributed by atoms with E-state index in [1.165, 1.54) is 0 Å². The topological polar surface area (TPSA) is 49.4 Å². The second-order valence-electron chi connectivity index (χ2n) is 5.11. The van der Waals surface area contributed by atoms with Gasteiger partial charge in [-0.05, 0) is 33.1 Å². The van der Waals surface area contributed by atoms with Crippen LogP contribution in [0.4, 0.5) is 0 Å². The van der Waals surface area contributed by atoms with Gasteiger partial charge in [0.05, 0.1) is 0 Å². The number of nitrogens with one attached hydrogen (secondary N) is 1. The van der Waals surface area contributed by atoms with Crippen LogP contribution < -0.4 is 4.72 Å². The number of nitrogens with zero attached hydrogens (tertiary/aromatic N) is 1. The highest BCUT2D eigenvalue weighted by Gasteiger charge is 2.34. The van der Waals surface area contributed by atoms with Crippen molar-refractivity contribution in [3.63, 3.8) is 0 Å². The number of alkyl halides is 1. The third-order valence-corrected chi connectivity index (χ3v) is 6.65. The Morgan fingerprint density at radius 3 is 2.59 bits per heavy atom. The SMILES string of the molecule is CCC(C)(CBr)NS(=O)(=O)N1CCCCC1C. The quantitative estimate of drug-likeness (QED) is 0.788. The van der Waals surface area contributed by atoms with Gasteiger partial charge in [0, 0.05) is 23.5 Å². The zero-order valence-electron chi connectivity index (χ0n) is 10.9. The largest absolute Gasteiger partial charge is 0.280 e. The average Bonchev–Trinajstić information content (AvgIpc) is 2.28. The van der Waals surface area contributed by atoms with Gasteiger partial charge in [0.15, 0.2) is 0 Å². The van der Waals surface area contributed by atoms with Crippen molar-refractivity contribution in [3.05, 3.63) is 0 Å². The molecule has 0 radical (unpaired) electrons. The van der Waals surface area contributed by atoms with Crippen LogP contribution in [0.2, 0.25) is 0 Å². The molecule has 17 heavy (non-hydrogen) atoms. The monoisotopic (exact) mass is 326 g/mol. The lowest BCUT2D eigenvalue weighted by Crippen LogP contribution is -2.55. The normalized spacial score (nSPS) is 26.7. The first-order valence-electron chi connectivity index (χ1n) is 6.21. The lowest BCUT2D eigenvalue weighted by Gasteiger charge is -2.36.